The second kappa shape index (κ2) is 39.2. The summed E-state index contributed by atoms with van der Waals surface area (Å²) in [5.41, 5.74) is 12.8. The number of carbonyl (C=O) groups excluding carboxylic acids is 12. The summed E-state index contributed by atoms with van der Waals surface area (Å²) < 4.78 is 0. The van der Waals surface area contributed by atoms with E-state index in [0.717, 1.165) is 6.92 Å². The Hall–Kier alpha value is -10.1. The number of carboxylic acid groups (broad SMARTS) is 2. The molecular formula is C67H101N17O18. The SMILES string of the molecule is CC[C@H](C)[C@H](NC(=O)[C@@H]1CCCN1C(=O)[C@H](Cc1ccc(O)cc1)NC(=O)[C@H](CC(=O)O)NC(=O)[C@@H](N)CC(C)C)C(=O)N1CCC[C@H]1C(=O)N[C@@H](CCC(N)=O)C(=O)N[C@H](C(=O)N[C@H](C(=O)N[C@@H](CC(C)C)C(=O)N[C@@H](Cc1cnc[nH]1)C(=O)N[C@@H](Cc1cnc[nH]1)C(=O)O)C(C)C)[C@@H](C)O. The first kappa shape index (κ1) is 82.6. The fourth-order valence-electron chi connectivity index (χ4n) is 11.9. The smallest absolute Gasteiger partial charge is 0.326 e. The summed E-state index contributed by atoms with van der Waals surface area (Å²) in [5, 5.41) is 63.8. The number of benzene rings is 1. The van der Waals surface area contributed by atoms with Gasteiger partial charge in [0.15, 0.2) is 0 Å². The van der Waals surface area contributed by atoms with Crippen LogP contribution >= 0.6 is 0 Å². The monoisotopic (exact) mass is 1430 g/mol. The lowest BCUT2D eigenvalue weighted by Crippen LogP contribution is -2.63. The number of amides is 12. The summed E-state index contributed by atoms with van der Waals surface area (Å²) >= 11 is 0. The van der Waals surface area contributed by atoms with E-state index in [-0.39, 0.29) is 82.0 Å². The third-order valence-corrected chi connectivity index (χ3v) is 17.7. The van der Waals surface area contributed by atoms with E-state index in [4.69, 9.17) is 11.5 Å². The Balaban J connectivity index is 1.31. The zero-order chi connectivity index (χ0) is 75.8. The van der Waals surface area contributed by atoms with Gasteiger partial charge >= 0.3 is 11.9 Å². The van der Waals surface area contributed by atoms with Gasteiger partial charge in [0, 0.05) is 62.6 Å². The molecule has 1 aromatic carbocycles. The summed E-state index contributed by atoms with van der Waals surface area (Å²) in [4.78, 5) is 209. The molecule has 2 aromatic heterocycles. The molecule has 2 fully saturated rings. The Bertz CT molecular complexity index is 3390. The van der Waals surface area contributed by atoms with Crippen LogP contribution in [0.4, 0.5) is 0 Å². The minimum Gasteiger partial charge on any atom is -0.508 e. The van der Waals surface area contributed by atoms with Crippen molar-refractivity contribution >= 4 is 82.8 Å². The third kappa shape index (κ3) is 24.9. The van der Waals surface area contributed by atoms with Gasteiger partial charge in [-0.1, -0.05) is 73.9 Å². The van der Waals surface area contributed by atoms with Gasteiger partial charge in [-0.05, 0) is 93.2 Å². The minimum atomic E-state index is -1.84. The number of phenols is 1. The zero-order valence-corrected chi connectivity index (χ0v) is 59.0. The van der Waals surface area contributed by atoms with E-state index >= 15 is 0 Å². The molecule has 3 aromatic rings. The summed E-state index contributed by atoms with van der Waals surface area (Å²) in [6, 6.07) is -11.5. The maximum Gasteiger partial charge on any atom is 0.326 e. The van der Waals surface area contributed by atoms with E-state index < -0.39 is 193 Å². The van der Waals surface area contributed by atoms with Crippen molar-refractivity contribution in [2.24, 2.45) is 35.1 Å². The Kier molecular flexibility index (Phi) is 31.8. The molecule has 2 aliphatic rings. The number of carbonyl (C=O) groups is 14. The van der Waals surface area contributed by atoms with Crippen molar-refractivity contribution in [1.82, 2.24) is 77.6 Å². The van der Waals surface area contributed by atoms with Crippen molar-refractivity contribution in [2.75, 3.05) is 13.1 Å². The average Bonchev–Trinajstić information content (AvgIpc) is 1.58. The summed E-state index contributed by atoms with van der Waals surface area (Å²) in [6.07, 6.45) is 2.68. The number of hydrogen-bond acceptors (Lipinski definition) is 19. The van der Waals surface area contributed by atoms with Crippen LogP contribution in [-0.2, 0) is 86.4 Å². The van der Waals surface area contributed by atoms with Crippen molar-refractivity contribution in [3.63, 3.8) is 0 Å². The zero-order valence-electron chi connectivity index (χ0n) is 59.0. The molecule has 35 nitrogen and oxygen atoms in total. The number of aliphatic carboxylic acids is 2. The second-order valence-corrected chi connectivity index (χ2v) is 27.3. The molecule has 0 aliphatic carbocycles. The summed E-state index contributed by atoms with van der Waals surface area (Å²) in [5.74, 6) is -15.1. The second-order valence-electron chi connectivity index (χ2n) is 27.3. The van der Waals surface area contributed by atoms with E-state index in [9.17, 15) is 87.5 Å². The molecule has 0 saturated carbocycles. The van der Waals surface area contributed by atoms with Gasteiger partial charge in [0.25, 0.3) is 0 Å². The largest absolute Gasteiger partial charge is 0.508 e. The van der Waals surface area contributed by atoms with Crippen LogP contribution in [0.25, 0.3) is 0 Å². The van der Waals surface area contributed by atoms with Crippen molar-refractivity contribution in [1.29, 1.82) is 0 Å². The normalized spacial score (nSPS) is 17.9. The lowest BCUT2D eigenvalue weighted by atomic mass is 9.96. The Labute approximate surface area is 590 Å². The van der Waals surface area contributed by atoms with Gasteiger partial charge in [0.2, 0.25) is 70.9 Å². The van der Waals surface area contributed by atoms with Crippen LogP contribution in [0.3, 0.4) is 0 Å². The molecule has 4 heterocycles. The number of aliphatic hydroxyl groups is 1. The first-order valence-electron chi connectivity index (χ1n) is 34.3. The predicted molar refractivity (Wildman–Crippen MR) is 364 cm³/mol. The number of nitrogens with zero attached hydrogens (tertiary/aromatic N) is 4. The molecular weight excluding hydrogens is 1330 g/mol. The number of primary amides is 1. The molecule has 14 atom stereocenters. The molecule has 0 radical (unpaired) electrons. The number of aromatic nitrogens is 4. The quantitative estimate of drug-likeness (QED) is 0.0281. The maximum atomic E-state index is 14.9. The number of aliphatic hydroxyl groups excluding tert-OH is 1. The van der Waals surface area contributed by atoms with E-state index in [1.54, 1.807) is 41.5 Å². The Morgan fingerprint density at radius 3 is 1.54 bits per heavy atom. The highest BCUT2D eigenvalue weighted by molar-refractivity contribution is 6.00. The lowest BCUT2D eigenvalue weighted by Gasteiger charge is -2.34. The highest BCUT2D eigenvalue weighted by Gasteiger charge is 2.45. The Morgan fingerprint density at radius 2 is 1.03 bits per heavy atom. The number of H-pyrrole nitrogens is 2. The van der Waals surface area contributed by atoms with Crippen molar-refractivity contribution < 1.29 is 87.5 Å². The molecule has 0 spiro atoms. The predicted octanol–water partition coefficient (Wildman–Crippen LogP) is -2.46. The fraction of sp³-hybridized carbons (Fsp3) is 0.612. The molecule has 2 saturated heterocycles. The van der Waals surface area contributed by atoms with Gasteiger partial charge in [-0.2, -0.15) is 0 Å². The molecule has 2 aliphatic heterocycles. The molecule has 102 heavy (non-hydrogen) atoms. The standard InChI is InChI=1S/C67H101N17O18/c1-10-36(8)54(81-62(96)50-14-11-21-83(50)65(99)47(25-38-15-17-41(86)18-16-38)78-60(94)46(28-52(88)89)75-56(90)42(68)23-33(2)3)66(100)84-22-12-13-49(84)61(95)74-43(19-20-51(69)87)57(91)82-55(37(9)85)64(98)80-53(35(6)7)63(97)77-44(24-34(4)5)58(92)76-45(26-39-29-70-31-72-39)59(93)79-48(67(101)102)27-40-30-71-32-73-40/h15-18,29-37,42-50,53-55,85-86H,10-14,19-28,68H2,1-9H3,(H2,69,87)(H,70,72)(H,71,73)(H,74,95)(H,75,90)(H,76,92)(H,77,97)(H,78,94)(H,79,93)(H,80,98)(H,81,96)(H,82,91)(H,88,89)(H,101,102)/t36-,37+,42-,43-,44-,45-,46-,47-,48-,49-,50-,53-,54-,55-/m0/s1. The van der Waals surface area contributed by atoms with E-state index in [2.05, 4.69) is 67.8 Å². The molecule has 0 bridgehead atoms. The van der Waals surface area contributed by atoms with E-state index in [1.807, 2.05) is 13.8 Å². The van der Waals surface area contributed by atoms with Crippen molar-refractivity contribution in [3.05, 3.63) is 66.3 Å². The highest BCUT2D eigenvalue weighted by Crippen LogP contribution is 2.26. The van der Waals surface area contributed by atoms with Gasteiger partial charge in [0.1, 0.15) is 72.2 Å². The highest BCUT2D eigenvalue weighted by atomic mass is 16.4. The molecule has 562 valence electrons. The lowest BCUT2D eigenvalue weighted by molar-refractivity contribution is -0.145. The number of aromatic hydroxyl groups is 1. The van der Waals surface area contributed by atoms with Gasteiger partial charge in [-0.15, -0.1) is 0 Å². The first-order chi connectivity index (χ1) is 48.1. The van der Waals surface area contributed by atoms with E-state index in [1.165, 1.54) is 59.1 Å². The molecule has 5 rings (SSSR count). The first-order valence-corrected chi connectivity index (χ1v) is 34.3. The molecule has 12 amide bonds. The maximum absolute atomic E-state index is 14.9. The van der Waals surface area contributed by atoms with Crippen LogP contribution < -0.4 is 59.3 Å². The number of likely N-dealkylation sites (tertiary alicyclic amines) is 2. The number of imidazole rings is 2. The van der Waals surface area contributed by atoms with Crippen LogP contribution in [0.15, 0.2) is 49.3 Å². The van der Waals surface area contributed by atoms with Crippen molar-refractivity contribution in [3.8, 4) is 5.75 Å². The van der Waals surface area contributed by atoms with Crippen molar-refractivity contribution in [2.45, 2.75) is 224 Å². The minimum absolute atomic E-state index is 0.00110. The fourth-order valence-corrected chi connectivity index (χ4v) is 11.9. The van der Waals surface area contributed by atoms with Crippen LogP contribution in [0, 0.1) is 23.7 Å². The topological polar surface area (TPSA) is 544 Å². The van der Waals surface area contributed by atoms with Gasteiger partial charge in [-0.25, -0.2) is 14.8 Å². The van der Waals surface area contributed by atoms with Crippen LogP contribution in [0.5, 0.6) is 5.75 Å². The molecule has 19 N–H and O–H groups in total. The van der Waals surface area contributed by atoms with E-state index in [0.29, 0.717) is 29.8 Å². The number of carboxylic acids is 2. The number of aromatic amines is 2. The Morgan fingerprint density at radius 1 is 0.549 bits per heavy atom. The van der Waals surface area contributed by atoms with Gasteiger partial charge in [-0.3, -0.25) is 62.3 Å². The van der Waals surface area contributed by atoms with Gasteiger partial charge < -0.3 is 99.5 Å². The third-order valence-electron chi connectivity index (χ3n) is 17.7. The molecule has 35 heteroatoms. The van der Waals surface area contributed by atoms with Crippen LogP contribution in [0.2, 0.25) is 0 Å². The summed E-state index contributed by atoms with van der Waals surface area (Å²) in [7, 11) is 0. The summed E-state index contributed by atoms with van der Waals surface area (Å²) in [6.45, 7) is 14.9. The molecule has 0 unspecified atom stereocenters. The number of rotatable bonds is 40. The number of phenolic OH excluding ortho intramolecular Hbond substituents is 1. The number of hydrogen-bond donors (Lipinski definition) is 17. The number of nitrogens with one attached hydrogen (secondary N) is 11. The van der Waals surface area contributed by atoms with Crippen LogP contribution in [-0.4, -0.2) is 225 Å². The van der Waals surface area contributed by atoms with Crippen LogP contribution in [0.1, 0.15) is 143 Å². The van der Waals surface area contributed by atoms with Gasteiger partial charge in [0.05, 0.1) is 31.2 Å². The number of nitrogens with two attached hydrogens (primary N) is 2. The average molecular weight is 1430 g/mol.